The number of nitrogens with zero attached hydrogens (tertiary/aromatic N) is 4. The van der Waals surface area contributed by atoms with Crippen molar-refractivity contribution in [2.75, 3.05) is 33.3 Å². The molecule has 1 rings (SSSR count). The van der Waals surface area contributed by atoms with Crippen molar-refractivity contribution in [2.24, 2.45) is 5.11 Å². The molecule has 0 N–H and O–H groups in total. The van der Waals surface area contributed by atoms with Crippen molar-refractivity contribution in [3.63, 3.8) is 0 Å². The lowest BCUT2D eigenvalue weighted by atomic mass is 10.3. The molecule has 0 bridgehead atoms. The fourth-order valence-corrected chi connectivity index (χ4v) is 1.10. The molecule has 1 fully saturated rings. The molecule has 62 valence electrons. The van der Waals surface area contributed by atoms with Crippen molar-refractivity contribution < 1.29 is 4.74 Å². The number of morpholine rings is 1. The maximum absolute atomic E-state index is 8.05. The minimum atomic E-state index is 0.0876. The molecule has 0 aliphatic carbocycles. The van der Waals surface area contributed by atoms with Crippen LogP contribution in [0.2, 0.25) is 0 Å². The third-order valence-electron chi connectivity index (χ3n) is 1.69. The van der Waals surface area contributed by atoms with E-state index in [-0.39, 0.29) is 6.10 Å². The molecule has 1 aliphatic rings. The summed E-state index contributed by atoms with van der Waals surface area (Å²) in [6, 6.07) is 0. The van der Waals surface area contributed by atoms with Crippen LogP contribution in [-0.4, -0.2) is 44.3 Å². The van der Waals surface area contributed by atoms with E-state index in [0.717, 1.165) is 19.7 Å². The molecule has 1 aliphatic heterocycles. The molecule has 5 heteroatoms. The van der Waals surface area contributed by atoms with Gasteiger partial charge in [0.1, 0.15) is 0 Å². The average Bonchev–Trinajstić information content (AvgIpc) is 2.01. The Morgan fingerprint density at radius 3 is 3.27 bits per heavy atom. The normalized spacial score (nSPS) is 26.1. The van der Waals surface area contributed by atoms with Gasteiger partial charge in [0.05, 0.1) is 19.3 Å². The van der Waals surface area contributed by atoms with E-state index < -0.39 is 0 Å². The van der Waals surface area contributed by atoms with Crippen molar-refractivity contribution >= 4 is 0 Å². The van der Waals surface area contributed by atoms with Crippen LogP contribution in [0.5, 0.6) is 0 Å². The van der Waals surface area contributed by atoms with Gasteiger partial charge >= 0.3 is 0 Å². The van der Waals surface area contributed by atoms with Crippen molar-refractivity contribution in [3.8, 4) is 0 Å². The minimum Gasteiger partial charge on any atom is -0.375 e. The number of hydrogen-bond acceptors (Lipinski definition) is 3. The van der Waals surface area contributed by atoms with Crippen LogP contribution in [0.4, 0.5) is 0 Å². The second-order valence-corrected chi connectivity index (χ2v) is 2.67. The number of rotatable bonds is 2. The molecule has 0 amide bonds. The van der Waals surface area contributed by atoms with Gasteiger partial charge in [-0.2, -0.15) is 0 Å². The van der Waals surface area contributed by atoms with E-state index in [1.165, 1.54) is 0 Å². The fourth-order valence-electron chi connectivity index (χ4n) is 1.10. The number of ether oxygens (including phenoxy) is 1. The van der Waals surface area contributed by atoms with E-state index in [2.05, 4.69) is 14.9 Å². The number of hydrogen-bond donors (Lipinski definition) is 0. The van der Waals surface area contributed by atoms with Crippen LogP contribution < -0.4 is 0 Å². The monoisotopic (exact) mass is 156 g/mol. The molecule has 0 unspecified atom stereocenters. The van der Waals surface area contributed by atoms with Gasteiger partial charge in [-0.3, -0.25) is 0 Å². The molecular formula is C6H12N4O. The van der Waals surface area contributed by atoms with Gasteiger partial charge in [0, 0.05) is 18.0 Å². The van der Waals surface area contributed by atoms with Crippen LogP contribution >= 0.6 is 0 Å². The molecule has 0 aromatic heterocycles. The molecule has 0 aromatic carbocycles. The number of likely N-dealkylation sites (N-methyl/N-ethyl adjacent to an activating group) is 1. The predicted octanol–water partition coefficient (Wildman–Crippen LogP) is 0.627. The standard InChI is InChI=1S/C6H12N4O/c1-10-2-3-11-6(5-10)4-8-9-7/h6H,2-5H2,1H3/t6-/m0/s1. The van der Waals surface area contributed by atoms with Crippen molar-refractivity contribution in [1.29, 1.82) is 0 Å². The van der Waals surface area contributed by atoms with Gasteiger partial charge in [0.25, 0.3) is 0 Å². The zero-order valence-corrected chi connectivity index (χ0v) is 6.60. The van der Waals surface area contributed by atoms with Crippen LogP contribution in [0.1, 0.15) is 0 Å². The Kier molecular flexibility index (Phi) is 3.16. The van der Waals surface area contributed by atoms with Gasteiger partial charge in [0.2, 0.25) is 0 Å². The quantitative estimate of drug-likeness (QED) is 0.334. The number of azide groups is 1. The van der Waals surface area contributed by atoms with Crippen molar-refractivity contribution in [1.82, 2.24) is 4.90 Å². The summed E-state index contributed by atoms with van der Waals surface area (Å²) in [5.74, 6) is 0. The molecule has 0 aromatic rings. The Morgan fingerprint density at radius 2 is 2.64 bits per heavy atom. The van der Waals surface area contributed by atoms with Gasteiger partial charge in [-0.1, -0.05) is 5.11 Å². The summed E-state index contributed by atoms with van der Waals surface area (Å²) in [7, 11) is 2.03. The maximum Gasteiger partial charge on any atom is 0.0758 e. The van der Waals surface area contributed by atoms with Crippen LogP contribution in [0.25, 0.3) is 10.4 Å². The predicted molar refractivity (Wildman–Crippen MR) is 41.3 cm³/mol. The van der Waals surface area contributed by atoms with E-state index in [4.69, 9.17) is 10.3 Å². The first kappa shape index (κ1) is 8.33. The summed E-state index contributed by atoms with van der Waals surface area (Å²) < 4.78 is 5.34. The van der Waals surface area contributed by atoms with Gasteiger partial charge in [-0.25, -0.2) is 0 Å². The molecule has 1 saturated heterocycles. The van der Waals surface area contributed by atoms with Crippen molar-refractivity contribution in [3.05, 3.63) is 10.4 Å². The smallest absolute Gasteiger partial charge is 0.0758 e. The fraction of sp³-hybridized carbons (Fsp3) is 1.00. The summed E-state index contributed by atoms with van der Waals surface area (Å²) in [6.45, 7) is 3.01. The van der Waals surface area contributed by atoms with Crippen LogP contribution in [0.15, 0.2) is 5.11 Å². The Labute approximate surface area is 65.6 Å². The Balaban J connectivity index is 2.27. The summed E-state index contributed by atoms with van der Waals surface area (Å²) in [5.41, 5.74) is 8.05. The highest BCUT2D eigenvalue weighted by Crippen LogP contribution is 2.02. The zero-order chi connectivity index (χ0) is 8.10. The molecule has 1 atom stereocenters. The van der Waals surface area contributed by atoms with Crippen LogP contribution in [0, 0.1) is 0 Å². The van der Waals surface area contributed by atoms with E-state index >= 15 is 0 Å². The SMILES string of the molecule is CN1CCO[C@@H](CN=[N+]=[N-])C1. The minimum absolute atomic E-state index is 0.0876. The lowest BCUT2D eigenvalue weighted by Gasteiger charge is -2.28. The summed E-state index contributed by atoms with van der Waals surface area (Å²) >= 11 is 0. The van der Waals surface area contributed by atoms with E-state index in [1.807, 2.05) is 7.05 Å². The van der Waals surface area contributed by atoms with Gasteiger partial charge in [-0.15, -0.1) is 0 Å². The van der Waals surface area contributed by atoms with E-state index in [9.17, 15) is 0 Å². The third-order valence-corrected chi connectivity index (χ3v) is 1.69. The van der Waals surface area contributed by atoms with Gasteiger partial charge in [-0.05, 0) is 12.6 Å². The highest BCUT2D eigenvalue weighted by Gasteiger charge is 2.15. The second-order valence-electron chi connectivity index (χ2n) is 2.67. The van der Waals surface area contributed by atoms with E-state index in [1.54, 1.807) is 0 Å². The first-order chi connectivity index (χ1) is 5.33. The third kappa shape index (κ3) is 2.76. The molecule has 5 nitrogen and oxygen atoms in total. The van der Waals surface area contributed by atoms with E-state index in [0.29, 0.717) is 6.54 Å². The summed E-state index contributed by atoms with van der Waals surface area (Å²) in [4.78, 5) is 4.85. The molecule has 1 heterocycles. The van der Waals surface area contributed by atoms with Gasteiger partial charge < -0.3 is 9.64 Å². The Hall–Kier alpha value is -0.770. The lowest BCUT2D eigenvalue weighted by molar-refractivity contribution is -0.0137. The van der Waals surface area contributed by atoms with Crippen LogP contribution in [-0.2, 0) is 4.74 Å². The molecule has 0 saturated carbocycles. The molecule has 0 radical (unpaired) electrons. The highest BCUT2D eigenvalue weighted by molar-refractivity contribution is 4.70. The first-order valence-electron chi connectivity index (χ1n) is 3.64. The molecule has 0 spiro atoms. The topological polar surface area (TPSA) is 61.2 Å². The second kappa shape index (κ2) is 4.18. The highest BCUT2D eigenvalue weighted by atomic mass is 16.5. The summed E-state index contributed by atoms with van der Waals surface area (Å²) in [6.07, 6.45) is 0.0876. The Bertz CT molecular complexity index is 166. The molecule has 11 heavy (non-hydrogen) atoms. The average molecular weight is 156 g/mol. The zero-order valence-electron chi connectivity index (χ0n) is 6.60. The molecular weight excluding hydrogens is 144 g/mol. The van der Waals surface area contributed by atoms with Crippen LogP contribution in [0.3, 0.4) is 0 Å². The first-order valence-corrected chi connectivity index (χ1v) is 3.64. The largest absolute Gasteiger partial charge is 0.375 e. The summed E-state index contributed by atoms with van der Waals surface area (Å²) in [5, 5.41) is 3.46. The maximum atomic E-state index is 8.05. The van der Waals surface area contributed by atoms with Crippen molar-refractivity contribution in [2.45, 2.75) is 6.10 Å². The lowest BCUT2D eigenvalue weighted by Crippen LogP contribution is -2.41. The van der Waals surface area contributed by atoms with Gasteiger partial charge in [0.15, 0.2) is 0 Å². The Morgan fingerprint density at radius 1 is 1.82 bits per heavy atom.